The van der Waals surface area contributed by atoms with Gasteiger partial charge in [0, 0.05) is 24.3 Å². The quantitative estimate of drug-likeness (QED) is 0.773. The van der Waals surface area contributed by atoms with Crippen molar-refractivity contribution in [3.05, 3.63) is 47.9 Å². The predicted molar refractivity (Wildman–Crippen MR) is 66.5 cm³/mol. The number of nitrogens with two attached hydrogens (primary N) is 1. The summed E-state index contributed by atoms with van der Waals surface area (Å²) < 4.78 is 5.26. The minimum Gasteiger partial charge on any atom is -0.469 e. The normalized spacial score (nSPS) is 10.3. The van der Waals surface area contributed by atoms with Gasteiger partial charge in [-0.2, -0.15) is 0 Å². The second-order valence-corrected chi connectivity index (χ2v) is 3.78. The second kappa shape index (κ2) is 4.75. The molecule has 0 fully saturated rings. The van der Waals surface area contributed by atoms with Crippen molar-refractivity contribution in [1.82, 2.24) is 0 Å². The van der Waals surface area contributed by atoms with Crippen LogP contribution in [0.15, 0.2) is 41.0 Å². The molecule has 0 amide bonds. The molecule has 2 aromatic rings. The third kappa shape index (κ3) is 2.37. The smallest absolute Gasteiger partial charge is 0.105 e. The fourth-order valence-electron chi connectivity index (χ4n) is 1.62. The van der Waals surface area contributed by atoms with Crippen LogP contribution in [-0.4, -0.2) is 6.54 Å². The average Bonchev–Trinajstić information content (AvgIpc) is 2.77. The zero-order chi connectivity index (χ0) is 11.4. The fourth-order valence-corrected chi connectivity index (χ4v) is 1.62. The van der Waals surface area contributed by atoms with Crippen molar-refractivity contribution in [2.24, 2.45) is 0 Å². The Morgan fingerprint density at radius 1 is 1.25 bits per heavy atom. The van der Waals surface area contributed by atoms with Crippen LogP contribution in [-0.2, 0) is 6.42 Å². The molecule has 16 heavy (non-hydrogen) atoms. The first-order chi connectivity index (χ1) is 7.77. The monoisotopic (exact) mass is 216 g/mol. The van der Waals surface area contributed by atoms with Gasteiger partial charge in [-0.05, 0) is 36.8 Å². The summed E-state index contributed by atoms with van der Waals surface area (Å²) in [5, 5.41) is 3.35. The molecule has 0 aliphatic heterocycles. The summed E-state index contributed by atoms with van der Waals surface area (Å²) in [6.07, 6.45) is 2.57. The van der Waals surface area contributed by atoms with Gasteiger partial charge >= 0.3 is 0 Å². The molecule has 0 aliphatic rings. The van der Waals surface area contributed by atoms with Crippen molar-refractivity contribution in [1.29, 1.82) is 0 Å². The third-order valence-electron chi connectivity index (χ3n) is 2.64. The summed E-state index contributed by atoms with van der Waals surface area (Å²) in [4.78, 5) is 0. The summed E-state index contributed by atoms with van der Waals surface area (Å²) in [7, 11) is 0. The standard InChI is InChI=1S/C13H16N2O/c1-10-12(14)5-2-6-13(10)15-8-7-11-4-3-9-16-11/h2-6,9,15H,7-8,14H2,1H3. The summed E-state index contributed by atoms with van der Waals surface area (Å²) in [5.74, 6) is 0.994. The molecular weight excluding hydrogens is 200 g/mol. The van der Waals surface area contributed by atoms with Crippen LogP contribution in [0.25, 0.3) is 0 Å². The van der Waals surface area contributed by atoms with Gasteiger partial charge in [0.25, 0.3) is 0 Å². The largest absolute Gasteiger partial charge is 0.469 e. The first-order valence-electron chi connectivity index (χ1n) is 5.38. The maximum absolute atomic E-state index is 5.83. The van der Waals surface area contributed by atoms with E-state index in [9.17, 15) is 0 Å². The molecule has 3 nitrogen and oxygen atoms in total. The van der Waals surface area contributed by atoms with E-state index in [1.54, 1.807) is 6.26 Å². The Balaban J connectivity index is 1.92. The topological polar surface area (TPSA) is 51.2 Å². The number of rotatable bonds is 4. The minimum atomic E-state index is 0.822. The number of hydrogen-bond donors (Lipinski definition) is 2. The molecule has 1 heterocycles. The van der Waals surface area contributed by atoms with E-state index < -0.39 is 0 Å². The molecule has 0 atom stereocenters. The zero-order valence-corrected chi connectivity index (χ0v) is 9.36. The van der Waals surface area contributed by atoms with Crippen molar-refractivity contribution in [3.8, 4) is 0 Å². The van der Waals surface area contributed by atoms with Gasteiger partial charge < -0.3 is 15.5 Å². The Morgan fingerprint density at radius 2 is 2.12 bits per heavy atom. The molecule has 2 rings (SSSR count). The van der Waals surface area contributed by atoms with Gasteiger partial charge in [-0.3, -0.25) is 0 Å². The second-order valence-electron chi connectivity index (χ2n) is 3.78. The molecule has 0 aliphatic carbocycles. The molecule has 0 spiro atoms. The van der Waals surface area contributed by atoms with Crippen LogP contribution in [0.4, 0.5) is 11.4 Å². The van der Waals surface area contributed by atoms with E-state index in [1.165, 1.54) is 0 Å². The molecule has 0 unspecified atom stereocenters. The molecule has 3 heteroatoms. The average molecular weight is 216 g/mol. The Morgan fingerprint density at radius 3 is 2.88 bits per heavy atom. The molecule has 84 valence electrons. The van der Waals surface area contributed by atoms with Gasteiger partial charge in [0.1, 0.15) is 5.76 Å². The van der Waals surface area contributed by atoms with Crippen molar-refractivity contribution >= 4 is 11.4 Å². The van der Waals surface area contributed by atoms with Gasteiger partial charge in [-0.25, -0.2) is 0 Å². The first kappa shape index (κ1) is 10.6. The number of nitrogens with one attached hydrogen (secondary N) is 1. The summed E-state index contributed by atoms with van der Waals surface area (Å²) in [6.45, 7) is 2.86. The number of benzene rings is 1. The lowest BCUT2D eigenvalue weighted by atomic mass is 10.1. The SMILES string of the molecule is Cc1c(N)cccc1NCCc1ccco1. The van der Waals surface area contributed by atoms with E-state index in [1.807, 2.05) is 37.3 Å². The van der Waals surface area contributed by atoms with Gasteiger partial charge in [-0.1, -0.05) is 6.07 Å². The first-order valence-corrected chi connectivity index (χ1v) is 5.38. The van der Waals surface area contributed by atoms with E-state index in [2.05, 4.69) is 5.32 Å². The lowest BCUT2D eigenvalue weighted by Crippen LogP contribution is -2.06. The minimum absolute atomic E-state index is 0.822. The van der Waals surface area contributed by atoms with Crippen molar-refractivity contribution in [2.75, 3.05) is 17.6 Å². The van der Waals surface area contributed by atoms with Crippen molar-refractivity contribution in [2.45, 2.75) is 13.3 Å². The highest BCUT2D eigenvalue weighted by Gasteiger charge is 2.00. The van der Waals surface area contributed by atoms with Gasteiger partial charge in [0.2, 0.25) is 0 Å². The number of anilines is 2. The van der Waals surface area contributed by atoms with Crippen molar-refractivity contribution < 1.29 is 4.42 Å². The van der Waals surface area contributed by atoms with E-state index in [0.29, 0.717) is 0 Å². The molecule has 0 bridgehead atoms. The van der Waals surface area contributed by atoms with Crippen LogP contribution < -0.4 is 11.1 Å². The number of nitrogen functional groups attached to an aromatic ring is 1. The summed E-state index contributed by atoms with van der Waals surface area (Å²) in [5.41, 5.74) is 8.84. The van der Waals surface area contributed by atoms with Crippen LogP contribution in [0, 0.1) is 6.92 Å². The summed E-state index contributed by atoms with van der Waals surface area (Å²) >= 11 is 0. The third-order valence-corrected chi connectivity index (χ3v) is 2.64. The fraction of sp³-hybridized carbons (Fsp3) is 0.231. The van der Waals surface area contributed by atoms with E-state index >= 15 is 0 Å². The Hall–Kier alpha value is -1.90. The molecule has 1 aromatic carbocycles. The Labute approximate surface area is 95.3 Å². The van der Waals surface area contributed by atoms with Crippen LogP contribution in [0.5, 0.6) is 0 Å². The van der Waals surface area contributed by atoms with Crippen LogP contribution in [0.2, 0.25) is 0 Å². The maximum atomic E-state index is 5.83. The highest BCUT2D eigenvalue weighted by atomic mass is 16.3. The van der Waals surface area contributed by atoms with Gasteiger partial charge in [-0.15, -0.1) is 0 Å². The molecule has 0 saturated carbocycles. The van der Waals surface area contributed by atoms with Gasteiger partial charge in [0.15, 0.2) is 0 Å². The number of furan rings is 1. The zero-order valence-electron chi connectivity index (χ0n) is 9.36. The molecule has 0 radical (unpaired) electrons. The van der Waals surface area contributed by atoms with Crippen LogP contribution >= 0.6 is 0 Å². The molecule has 1 aromatic heterocycles. The Bertz CT molecular complexity index is 449. The van der Waals surface area contributed by atoms with E-state index in [-0.39, 0.29) is 0 Å². The van der Waals surface area contributed by atoms with Crippen LogP contribution in [0.1, 0.15) is 11.3 Å². The lowest BCUT2D eigenvalue weighted by molar-refractivity contribution is 0.513. The lowest BCUT2D eigenvalue weighted by Gasteiger charge is -2.10. The molecule has 0 saturated heterocycles. The van der Waals surface area contributed by atoms with E-state index in [4.69, 9.17) is 10.2 Å². The predicted octanol–water partition coefficient (Wildman–Crippen LogP) is 2.82. The Kier molecular flexibility index (Phi) is 3.15. The number of hydrogen-bond acceptors (Lipinski definition) is 3. The van der Waals surface area contributed by atoms with Crippen molar-refractivity contribution in [3.63, 3.8) is 0 Å². The van der Waals surface area contributed by atoms with E-state index in [0.717, 1.165) is 35.7 Å². The van der Waals surface area contributed by atoms with Gasteiger partial charge in [0.05, 0.1) is 6.26 Å². The highest BCUT2D eigenvalue weighted by Crippen LogP contribution is 2.20. The molecular formula is C13H16N2O. The summed E-state index contributed by atoms with van der Waals surface area (Å²) in [6, 6.07) is 9.79. The highest BCUT2D eigenvalue weighted by molar-refractivity contribution is 5.62. The van der Waals surface area contributed by atoms with Crippen LogP contribution in [0.3, 0.4) is 0 Å². The molecule has 3 N–H and O–H groups in total. The maximum Gasteiger partial charge on any atom is 0.105 e.